The van der Waals surface area contributed by atoms with Crippen LogP contribution in [0.1, 0.15) is 16.8 Å². The van der Waals surface area contributed by atoms with E-state index in [1.165, 1.54) is 0 Å². The summed E-state index contributed by atoms with van der Waals surface area (Å²) in [4.78, 5) is 21.1. The van der Waals surface area contributed by atoms with Crippen LogP contribution in [0.4, 0.5) is 0 Å². The lowest BCUT2D eigenvalue weighted by Gasteiger charge is -2.00. The zero-order valence-corrected chi connectivity index (χ0v) is 8.22. The lowest BCUT2D eigenvalue weighted by atomic mass is 10.2. The van der Waals surface area contributed by atoms with Crippen molar-refractivity contribution in [2.75, 3.05) is 0 Å². The topological polar surface area (TPSA) is 39.1 Å². The molecule has 0 radical (unpaired) electrons. The molecule has 1 aromatic carbocycles. The second-order valence-corrected chi connectivity index (χ2v) is 3.37. The fourth-order valence-electron chi connectivity index (χ4n) is 1.75. The van der Waals surface area contributed by atoms with Crippen LogP contribution in [0, 0.1) is 0 Å². The molecule has 15 heavy (non-hydrogen) atoms. The summed E-state index contributed by atoms with van der Waals surface area (Å²) < 4.78 is 1.94. The highest BCUT2D eigenvalue weighted by Crippen LogP contribution is 2.19. The number of aromatic nitrogens is 1. The van der Waals surface area contributed by atoms with Crippen molar-refractivity contribution >= 4 is 23.5 Å². The highest BCUT2D eigenvalue weighted by Gasteiger charge is 2.05. The highest BCUT2D eigenvalue weighted by atomic mass is 16.1. The van der Waals surface area contributed by atoms with Crippen molar-refractivity contribution in [3.8, 4) is 0 Å². The maximum Gasteiger partial charge on any atom is 0.152 e. The molecule has 1 heterocycles. The molecule has 0 atom stereocenters. The number of para-hydroxylation sites is 1. The van der Waals surface area contributed by atoms with Crippen molar-refractivity contribution in [3.63, 3.8) is 0 Å². The van der Waals surface area contributed by atoms with Gasteiger partial charge in [0.05, 0.1) is 0 Å². The first-order chi connectivity index (χ1) is 7.36. The van der Waals surface area contributed by atoms with Crippen LogP contribution in [0.5, 0.6) is 0 Å². The Morgan fingerprint density at radius 3 is 2.73 bits per heavy atom. The van der Waals surface area contributed by atoms with E-state index in [0.717, 1.165) is 23.5 Å². The van der Waals surface area contributed by atoms with Gasteiger partial charge in [-0.25, -0.2) is 0 Å². The van der Waals surface area contributed by atoms with E-state index in [-0.39, 0.29) is 0 Å². The number of carbonyl (C=O) groups excluding carboxylic acids is 2. The standard InChI is InChI=1S/C12H11NO2/c14-7-3-6-13-8-10(9-15)11-4-1-2-5-12(11)13/h1-2,4-5,7-9H,3,6H2. The number of aryl methyl sites for hydroxylation is 1. The van der Waals surface area contributed by atoms with Crippen molar-refractivity contribution in [1.29, 1.82) is 0 Å². The van der Waals surface area contributed by atoms with Crippen LogP contribution in [-0.2, 0) is 11.3 Å². The minimum Gasteiger partial charge on any atom is -0.346 e. The number of fused-ring (bicyclic) bond motifs is 1. The number of benzene rings is 1. The van der Waals surface area contributed by atoms with Gasteiger partial charge in [-0.15, -0.1) is 0 Å². The van der Waals surface area contributed by atoms with Gasteiger partial charge in [0, 0.05) is 35.6 Å². The number of hydrogen-bond acceptors (Lipinski definition) is 2. The molecule has 0 bridgehead atoms. The molecule has 0 fully saturated rings. The monoisotopic (exact) mass is 201 g/mol. The number of carbonyl (C=O) groups is 2. The van der Waals surface area contributed by atoms with Crippen LogP contribution in [-0.4, -0.2) is 17.1 Å². The van der Waals surface area contributed by atoms with E-state index >= 15 is 0 Å². The summed E-state index contributed by atoms with van der Waals surface area (Å²) in [6.45, 7) is 0.623. The Balaban J connectivity index is 2.54. The average Bonchev–Trinajstić information content (AvgIpc) is 2.65. The molecule has 3 nitrogen and oxygen atoms in total. The minimum absolute atomic E-state index is 0.469. The van der Waals surface area contributed by atoms with Gasteiger partial charge in [-0.1, -0.05) is 18.2 Å². The van der Waals surface area contributed by atoms with E-state index in [1.807, 2.05) is 28.8 Å². The molecule has 0 spiro atoms. The Bertz CT molecular complexity index is 499. The molecule has 1 aromatic heterocycles. The van der Waals surface area contributed by atoms with Crippen molar-refractivity contribution in [1.82, 2.24) is 4.57 Å². The van der Waals surface area contributed by atoms with Crippen LogP contribution < -0.4 is 0 Å². The summed E-state index contributed by atoms with van der Waals surface area (Å²) in [7, 11) is 0. The van der Waals surface area contributed by atoms with Crippen molar-refractivity contribution in [2.45, 2.75) is 13.0 Å². The van der Waals surface area contributed by atoms with Crippen LogP contribution in [0.15, 0.2) is 30.5 Å². The smallest absolute Gasteiger partial charge is 0.152 e. The molecule has 0 saturated heterocycles. The van der Waals surface area contributed by atoms with Crippen molar-refractivity contribution in [2.24, 2.45) is 0 Å². The maximum atomic E-state index is 10.8. The van der Waals surface area contributed by atoms with Crippen LogP contribution in [0.3, 0.4) is 0 Å². The third-order valence-electron chi connectivity index (χ3n) is 2.43. The fourth-order valence-corrected chi connectivity index (χ4v) is 1.75. The van der Waals surface area contributed by atoms with Gasteiger partial charge >= 0.3 is 0 Å². The first kappa shape index (κ1) is 9.65. The summed E-state index contributed by atoms with van der Waals surface area (Å²) in [6, 6.07) is 7.69. The minimum atomic E-state index is 0.469. The van der Waals surface area contributed by atoms with Gasteiger partial charge in [-0.2, -0.15) is 0 Å². The van der Waals surface area contributed by atoms with Gasteiger partial charge in [-0.3, -0.25) is 4.79 Å². The lowest BCUT2D eigenvalue weighted by molar-refractivity contribution is -0.108. The average molecular weight is 201 g/mol. The summed E-state index contributed by atoms with van der Waals surface area (Å²) >= 11 is 0. The predicted octanol–water partition coefficient (Wildman–Crippen LogP) is 2.04. The van der Waals surface area contributed by atoms with Crippen molar-refractivity contribution in [3.05, 3.63) is 36.0 Å². The molecular weight excluding hydrogens is 190 g/mol. The first-order valence-corrected chi connectivity index (χ1v) is 4.83. The number of hydrogen-bond donors (Lipinski definition) is 0. The summed E-state index contributed by atoms with van der Waals surface area (Å²) in [5.41, 5.74) is 1.68. The van der Waals surface area contributed by atoms with Crippen LogP contribution in [0.2, 0.25) is 0 Å². The Morgan fingerprint density at radius 2 is 2.00 bits per heavy atom. The Morgan fingerprint density at radius 1 is 1.20 bits per heavy atom. The van der Waals surface area contributed by atoms with Crippen molar-refractivity contribution < 1.29 is 9.59 Å². The van der Waals surface area contributed by atoms with E-state index in [1.54, 1.807) is 6.20 Å². The second kappa shape index (κ2) is 4.09. The molecule has 2 rings (SSSR count). The van der Waals surface area contributed by atoms with Gasteiger partial charge < -0.3 is 9.36 Å². The molecule has 0 aliphatic carbocycles. The number of rotatable bonds is 4. The first-order valence-electron chi connectivity index (χ1n) is 4.83. The molecule has 0 aliphatic heterocycles. The van der Waals surface area contributed by atoms with Gasteiger partial charge in [0.2, 0.25) is 0 Å². The summed E-state index contributed by atoms with van der Waals surface area (Å²) in [5.74, 6) is 0. The molecule has 0 unspecified atom stereocenters. The number of aldehydes is 2. The Hall–Kier alpha value is -1.90. The SMILES string of the molecule is O=CCCn1cc(C=O)c2ccccc21. The van der Waals surface area contributed by atoms with Crippen LogP contribution >= 0.6 is 0 Å². The quantitative estimate of drug-likeness (QED) is 0.710. The maximum absolute atomic E-state index is 10.8. The molecule has 0 aliphatic rings. The van der Waals surface area contributed by atoms with E-state index in [4.69, 9.17) is 0 Å². The van der Waals surface area contributed by atoms with Gasteiger partial charge in [0.15, 0.2) is 6.29 Å². The molecule has 3 heteroatoms. The molecule has 0 saturated carbocycles. The molecule has 76 valence electrons. The predicted molar refractivity (Wildman–Crippen MR) is 58.0 cm³/mol. The Labute approximate surface area is 87.3 Å². The van der Waals surface area contributed by atoms with E-state index in [0.29, 0.717) is 18.5 Å². The molecule has 0 N–H and O–H groups in total. The van der Waals surface area contributed by atoms with E-state index in [9.17, 15) is 9.59 Å². The third-order valence-corrected chi connectivity index (χ3v) is 2.43. The van der Waals surface area contributed by atoms with Gasteiger partial charge in [0.1, 0.15) is 6.29 Å². The van der Waals surface area contributed by atoms with E-state index in [2.05, 4.69) is 0 Å². The third kappa shape index (κ3) is 1.68. The lowest BCUT2D eigenvalue weighted by Crippen LogP contribution is -1.95. The van der Waals surface area contributed by atoms with E-state index < -0.39 is 0 Å². The molecule has 0 amide bonds. The molecule has 2 aromatic rings. The summed E-state index contributed by atoms with van der Waals surface area (Å²) in [6.07, 6.45) is 3.99. The normalized spacial score (nSPS) is 10.4. The zero-order chi connectivity index (χ0) is 10.7. The fraction of sp³-hybridized carbons (Fsp3) is 0.167. The zero-order valence-electron chi connectivity index (χ0n) is 8.22. The van der Waals surface area contributed by atoms with Gasteiger partial charge in [0.25, 0.3) is 0 Å². The summed E-state index contributed by atoms with van der Waals surface area (Å²) in [5, 5.41) is 0.943. The molecular formula is C12H11NO2. The Kier molecular flexibility index (Phi) is 2.63. The van der Waals surface area contributed by atoms with Crippen LogP contribution in [0.25, 0.3) is 10.9 Å². The van der Waals surface area contributed by atoms with Gasteiger partial charge in [-0.05, 0) is 6.07 Å². The largest absolute Gasteiger partial charge is 0.346 e. The number of nitrogens with zero attached hydrogens (tertiary/aromatic N) is 1. The second-order valence-electron chi connectivity index (χ2n) is 3.37. The highest BCUT2D eigenvalue weighted by molar-refractivity contribution is 5.97.